The van der Waals surface area contributed by atoms with E-state index < -0.39 is 0 Å². The molecule has 1 aromatic carbocycles. The average molecular weight is 288 g/mol. The second kappa shape index (κ2) is 6.06. The van der Waals surface area contributed by atoms with E-state index in [4.69, 9.17) is 4.74 Å². The number of nitrogens with one attached hydrogen (secondary N) is 1. The summed E-state index contributed by atoms with van der Waals surface area (Å²) < 4.78 is 5.49. The third-order valence-corrected chi connectivity index (χ3v) is 4.71. The van der Waals surface area contributed by atoms with Crippen molar-refractivity contribution in [1.82, 2.24) is 10.2 Å². The lowest BCUT2D eigenvalue weighted by atomic mass is 9.98. The summed E-state index contributed by atoms with van der Waals surface area (Å²) in [7, 11) is 1.94. The predicted octanol–water partition coefficient (Wildman–Crippen LogP) is 2.44. The number of rotatable bonds is 4. The van der Waals surface area contributed by atoms with E-state index in [1.54, 1.807) is 0 Å². The molecule has 2 saturated heterocycles. The SMILES string of the molecule is CCOc1cccc(C(=O)N(C)C2CC3CCC(C2)N3)c1. The maximum atomic E-state index is 12.7. The molecule has 0 spiro atoms. The normalized spacial score (nSPS) is 27.4. The Morgan fingerprint density at radius 1 is 1.33 bits per heavy atom. The number of fused-ring (bicyclic) bond motifs is 2. The van der Waals surface area contributed by atoms with Gasteiger partial charge in [0.05, 0.1) is 6.61 Å². The van der Waals surface area contributed by atoms with Crippen molar-refractivity contribution in [2.45, 2.75) is 50.7 Å². The summed E-state index contributed by atoms with van der Waals surface area (Å²) >= 11 is 0. The summed E-state index contributed by atoms with van der Waals surface area (Å²) in [5.74, 6) is 0.866. The molecule has 2 aliphatic heterocycles. The molecule has 2 bridgehead atoms. The minimum absolute atomic E-state index is 0.0999. The van der Waals surface area contributed by atoms with Crippen LogP contribution in [0.5, 0.6) is 5.75 Å². The molecule has 114 valence electrons. The van der Waals surface area contributed by atoms with Crippen molar-refractivity contribution in [3.63, 3.8) is 0 Å². The van der Waals surface area contributed by atoms with E-state index in [0.717, 1.165) is 18.6 Å². The molecule has 3 rings (SSSR count). The van der Waals surface area contributed by atoms with Crippen molar-refractivity contribution >= 4 is 5.91 Å². The van der Waals surface area contributed by atoms with Gasteiger partial charge in [-0.3, -0.25) is 4.79 Å². The van der Waals surface area contributed by atoms with Crippen LogP contribution in [0.2, 0.25) is 0 Å². The Labute approximate surface area is 126 Å². The lowest BCUT2D eigenvalue weighted by molar-refractivity contribution is 0.0681. The third kappa shape index (κ3) is 3.05. The molecule has 2 fully saturated rings. The molecular weight excluding hydrogens is 264 g/mol. The summed E-state index contributed by atoms with van der Waals surface area (Å²) in [6, 6.07) is 9.04. The first-order chi connectivity index (χ1) is 10.2. The molecule has 0 aromatic heterocycles. The summed E-state index contributed by atoms with van der Waals surface area (Å²) in [5.41, 5.74) is 0.717. The van der Waals surface area contributed by atoms with Gasteiger partial charge in [-0.25, -0.2) is 0 Å². The topological polar surface area (TPSA) is 41.6 Å². The van der Waals surface area contributed by atoms with Crippen LogP contribution in [0.15, 0.2) is 24.3 Å². The maximum absolute atomic E-state index is 12.7. The van der Waals surface area contributed by atoms with Gasteiger partial charge in [0.15, 0.2) is 0 Å². The molecule has 4 nitrogen and oxygen atoms in total. The number of carbonyl (C=O) groups excluding carboxylic acids is 1. The van der Waals surface area contributed by atoms with Crippen molar-refractivity contribution in [1.29, 1.82) is 0 Å². The van der Waals surface area contributed by atoms with Gasteiger partial charge in [0.1, 0.15) is 5.75 Å². The van der Waals surface area contributed by atoms with Crippen LogP contribution in [-0.4, -0.2) is 42.6 Å². The first-order valence-corrected chi connectivity index (χ1v) is 7.93. The zero-order chi connectivity index (χ0) is 14.8. The van der Waals surface area contributed by atoms with E-state index in [2.05, 4.69) is 5.32 Å². The van der Waals surface area contributed by atoms with Crippen LogP contribution >= 0.6 is 0 Å². The standard InChI is InChI=1S/C17H24N2O2/c1-3-21-16-6-4-5-12(9-16)17(20)19(2)15-10-13-7-8-14(11-15)18-13/h4-6,9,13-15,18H,3,7-8,10-11H2,1-2H3. The zero-order valence-electron chi connectivity index (χ0n) is 12.8. The van der Waals surface area contributed by atoms with E-state index in [1.165, 1.54) is 12.8 Å². The van der Waals surface area contributed by atoms with Gasteiger partial charge in [0.25, 0.3) is 5.91 Å². The molecule has 2 unspecified atom stereocenters. The quantitative estimate of drug-likeness (QED) is 0.925. The van der Waals surface area contributed by atoms with Gasteiger partial charge < -0.3 is 15.0 Å². The van der Waals surface area contributed by atoms with E-state index in [1.807, 2.05) is 43.1 Å². The fourth-order valence-corrected chi connectivity index (χ4v) is 3.60. The van der Waals surface area contributed by atoms with E-state index in [0.29, 0.717) is 30.3 Å². The molecule has 2 aliphatic rings. The number of carbonyl (C=O) groups is 1. The number of hydrogen-bond donors (Lipinski definition) is 1. The van der Waals surface area contributed by atoms with Gasteiger partial charge in [-0.05, 0) is 50.8 Å². The summed E-state index contributed by atoms with van der Waals surface area (Å²) in [4.78, 5) is 14.6. The molecule has 2 heterocycles. The summed E-state index contributed by atoms with van der Waals surface area (Å²) in [5, 5.41) is 3.62. The van der Waals surface area contributed by atoms with Crippen molar-refractivity contribution in [2.24, 2.45) is 0 Å². The first kappa shape index (κ1) is 14.4. The Balaban J connectivity index is 1.70. The minimum atomic E-state index is 0.0999. The number of ether oxygens (including phenoxy) is 1. The molecular formula is C17H24N2O2. The van der Waals surface area contributed by atoms with Crippen LogP contribution in [0.3, 0.4) is 0 Å². The monoisotopic (exact) mass is 288 g/mol. The largest absolute Gasteiger partial charge is 0.494 e. The van der Waals surface area contributed by atoms with Crippen LogP contribution in [-0.2, 0) is 0 Å². The second-order valence-electron chi connectivity index (χ2n) is 6.14. The lowest BCUT2D eigenvalue weighted by Gasteiger charge is -2.35. The molecule has 0 radical (unpaired) electrons. The molecule has 0 aliphatic carbocycles. The van der Waals surface area contributed by atoms with Crippen LogP contribution in [0.4, 0.5) is 0 Å². The molecule has 1 amide bonds. The van der Waals surface area contributed by atoms with Crippen LogP contribution < -0.4 is 10.1 Å². The van der Waals surface area contributed by atoms with E-state index >= 15 is 0 Å². The lowest BCUT2D eigenvalue weighted by Crippen LogP contribution is -2.48. The Morgan fingerprint density at radius 2 is 2.05 bits per heavy atom. The Bertz CT molecular complexity index is 505. The predicted molar refractivity (Wildman–Crippen MR) is 82.7 cm³/mol. The third-order valence-electron chi connectivity index (χ3n) is 4.71. The summed E-state index contributed by atoms with van der Waals surface area (Å²) in [6.45, 7) is 2.57. The fourth-order valence-electron chi connectivity index (χ4n) is 3.60. The smallest absolute Gasteiger partial charge is 0.253 e. The van der Waals surface area contributed by atoms with Gasteiger partial charge in [-0.1, -0.05) is 6.07 Å². The second-order valence-corrected chi connectivity index (χ2v) is 6.14. The van der Waals surface area contributed by atoms with Gasteiger partial charge in [0.2, 0.25) is 0 Å². The number of benzene rings is 1. The number of nitrogens with zero attached hydrogens (tertiary/aromatic N) is 1. The van der Waals surface area contributed by atoms with E-state index in [-0.39, 0.29) is 5.91 Å². The number of piperidine rings is 1. The molecule has 0 saturated carbocycles. The van der Waals surface area contributed by atoms with Crippen LogP contribution in [0.25, 0.3) is 0 Å². The van der Waals surface area contributed by atoms with Gasteiger partial charge in [-0.2, -0.15) is 0 Å². The number of amides is 1. The highest BCUT2D eigenvalue weighted by Gasteiger charge is 2.36. The number of hydrogen-bond acceptors (Lipinski definition) is 3. The maximum Gasteiger partial charge on any atom is 0.253 e. The van der Waals surface area contributed by atoms with Crippen LogP contribution in [0.1, 0.15) is 43.0 Å². The Hall–Kier alpha value is -1.55. The molecule has 2 atom stereocenters. The fraction of sp³-hybridized carbons (Fsp3) is 0.588. The highest BCUT2D eigenvalue weighted by molar-refractivity contribution is 5.94. The van der Waals surface area contributed by atoms with Crippen LogP contribution in [0, 0.1) is 0 Å². The Morgan fingerprint density at radius 3 is 2.71 bits per heavy atom. The van der Waals surface area contributed by atoms with Gasteiger partial charge in [-0.15, -0.1) is 0 Å². The van der Waals surface area contributed by atoms with Crippen molar-refractivity contribution < 1.29 is 9.53 Å². The van der Waals surface area contributed by atoms with E-state index in [9.17, 15) is 4.79 Å². The Kier molecular flexibility index (Phi) is 4.15. The molecule has 21 heavy (non-hydrogen) atoms. The van der Waals surface area contributed by atoms with Crippen molar-refractivity contribution in [2.75, 3.05) is 13.7 Å². The van der Waals surface area contributed by atoms with Gasteiger partial charge in [0, 0.05) is 30.7 Å². The van der Waals surface area contributed by atoms with Crippen molar-refractivity contribution in [3.8, 4) is 5.75 Å². The highest BCUT2D eigenvalue weighted by atomic mass is 16.5. The zero-order valence-corrected chi connectivity index (χ0v) is 12.8. The van der Waals surface area contributed by atoms with Crippen molar-refractivity contribution in [3.05, 3.63) is 29.8 Å². The molecule has 1 aromatic rings. The first-order valence-electron chi connectivity index (χ1n) is 7.93. The summed E-state index contributed by atoms with van der Waals surface area (Å²) in [6.07, 6.45) is 4.65. The average Bonchev–Trinajstić information content (AvgIpc) is 2.84. The molecule has 4 heteroatoms. The minimum Gasteiger partial charge on any atom is -0.494 e. The van der Waals surface area contributed by atoms with Gasteiger partial charge >= 0.3 is 0 Å². The molecule has 1 N–H and O–H groups in total. The highest BCUT2D eigenvalue weighted by Crippen LogP contribution is 2.30.